The lowest BCUT2D eigenvalue weighted by Crippen LogP contribution is -2.64. The van der Waals surface area contributed by atoms with E-state index in [0.29, 0.717) is 13.1 Å². The number of rotatable bonds is 42. The van der Waals surface area contributed by atoms with E-state index in [-0.39, 0.29) is 26.1 Å². The number of hydrogen-bond donors (Lipinski definition) is 2. The fraction of sp³-hybridized carbons (Fsp3) is 0.769. The quantitative estimate of drug-likeness (QED) is 0.0354. The zero-order chi connectivity index (χ0) is 45.1. The Kier molecular flexibility index (Phi) is 38.2. The van der Waals surface area contributed by atoms with Gasteiger partial charge in [-0.3, -0.25) is 19.2 Å². The predicted molar refractivity (Wildman–Crippen MR) is 258 cm³/mol. The molecule has 0 spiro atoms. The van der Waals surface area contributed by atoms with E-state index in [0.717, 1.165) is 129 Å². The summed E-state index contributed by atoms with van der Waals surface area (Å²) in [6, 6.07) is -1.98. The van der Waals surface area contributed by atoms with Crippen LogP contribution < -0.4 is 10.6 Å². The minimum atomic E-state index is -0.988. The number of esters is 2. The van der Waals surface area contributed by atoms with E-state index in [2.05, 4.69) is 96.7 Å². The van der Waals surface area contributed by atoms with Crippen LogP contribution in [0.1, 0.15) is 195 Å². The highest BCUT2D eigenvalue weighted by Gasteiger charge is 2.35. The summed E-state index contributed by atoms with van der Waals surface area (Å²) in [5.41, 5.74) is 0. The molecule has 0 aliphatic carbocycles. The van der Waals surface area contributed by atoms with Crippen molar-refractivity contribution in [3.8, 4) is 0 Å². The molecule has 2 amide bonds. The molecule has 0 bridgehead atoms. The molecule has 1 aliphatic rings. The van der Waals surface area contributed by atoms with Gasteiger partial charge in [0.25, 0.3) is 0 Å². The number of nitrogens with one attached hydrogen (secondary N) is 2. The molecule has 1 fully saturated rings. The first-order valence-corrected chi connectivity index (χ1v) is 25.3. The van der Waals surface area contributed by atoms with Crippen molar-refractivity contribution in [2.75, 3.05) is 52.5 Å². The third-order valence-electron chi connectivity index (χ3n) is 11.3. The molecular weight excluding hydrogens is 777 g/mol. The lowest BCUT2D eigenvalue weighted by atomic mass is 10.1. The molecule has 1 heterocycles. The van der Waals surface area contributed by atoms with Crippen LogP contribution in [0.25, 0.3) is 0 Å². The van der Waals surface area contributed by atoms with Crippen LogP contribution in [0.3, 0.4) is 0 Å². The average molecular weight is 869 g/mol. The summed E-state index contributed by atoms with van der Waals surface area (Å²) in [4.78, 5) is 56.2. The Hall–Kier alpha value is -3.24. The first kappa shape index (κ1) is 56.8. The first-order valence-electron chi connectivity index (χ1n) is 25.3. The third kappa shape index (κ3) is 33.3. The molecule has 0 saturated carbocycles. The van der Waals surface area contributed by atoms with Crippen molar-refractivity contribution in [1.29, 1.82) is 0 Å². The highest BCUT2D eigenvalue weighted by atomic mass is 16.5. The Bertz CT molecular complexity index is 1100. The molecule has 2 atom stereocenters. The maximum Gasteiger partial charge on any atom is 0.307 e. The van der Waals surface area contributed by atoms with Gasteiger partial charge in [0, 0.05) is 13.1 Å². The molecule has 10 nitrogen and oxygen atoms in total. The Morgan fingerprint density at radius 1 is 0.419 bits per heavy atom. The van der Waals surface area contributed by atoms with Crippen LogP contribution >= 0.6 is 0 Å². The number of amides is 2. The van der Waals surface area contributed by atoms with E-state index in [1.165, 1.54) is 51.4 Å². The van der Waals surface area contributed by atoms with Gasteiger partial charge in [-0.05, 0) is 129 Å². The predicted octanol–water partition coefficient (Wildman–Crippen LogP) is 11.1. The lowest BCUT2D eigenvalue weighted by molar-refractivity contribution is -0.152. The Morgan fingerprint density at radius 3 is 0.935 bits per heavy atom. The molecule has 0 aromatic rings. The van der Waals surface area contributed by atoms with Crippen LogP contribution in [0.4, 0.5) is 0 Å². The topological polar surface area (TPSA) is 117 Å². The summed E-state index contributed by atoms with van der Waals surface area (Å²) >= 11 is 0. The molecule has 0 aromatic carbocycles. The normalized spacial score (nSPS) is 15.8. The zero-order valence-corrected chi connectivity index (χ0v) is 40.2. The molecule has 0 radical (unpaired) electrons. The van der Waals surface area contributed by atoms with E-state index in [1.54, 1.807) is 0 Å². The van der Waals surface area contributed by atoms with Gasteiger partial charge in [0.1, 0.15) is 25.3 Å². The van der Waals surface area contributed by atoms with Crippen LogP contribution in [0.5, 0.6) is 0 Å². The molecular formula is C52H92N4O6. The van der Waals surface area contributed by atoms with Crippen molar-refractivity contribution in [3.63, 3.8) is 0 Å². The van der Waals surface area contributed by atoms with Gasteiger partial charge in [-0.1, -0.05) is 128 Å². The van der Waals surface area contributed by atoms with Crippen LogP contribution in [0.2, 0.25) is 0 Å². The van der Waals surface area contributed by atoms with Crippen molar-refractivity contribution < 1.29 is 28.7 Å². The molecule has 1 aliphatic heterocycles. The number of carbonyl (C=O) groups is 4. The molecule has 0 aromatic heterocycles. The van der Waals surface area contributed by atoms with Gasteiger partial charge in [-0.2, -0.15) is 0 Å². The number of unbranched alkanes of at least 4 members (excludes halogenated alkanes) is 16. The second kappa shape index (κ2) is 41.8. The van der Waals surface area contributed by atoms with Crippen molar-refractivity contribution in [2.24, 2.45) is 0 Å². The number of hydrogen-bond acceptors (Lipinski definition) is 8. The van der Waals surface area contributed by atoms with Gasteiger partial charge >= 0.3 is 11.9 Å². The minimum absolute atomic E-state index is 0.221. The standard InChI is InChI=1S/C52H92N4O6/c1-5-9-13-17-21-25-29-33-39-55(40-34-30-26-22-18-14-10-6-2)43-37-49(57)61-45-47-51(59)54-48(52(60)53-47)46-62-50(58)38-44-56(41-35-31-27-23-19-15-11-7-3)42-36-32-28-24-20-16-12-8-4/h17-24,47-48H,5-16,25-46H2,1-4H3,(H,53,60)(H,54,59)/b21-17-,22-18-,23-19-,24-20-/t47-,48-/m0/s1. The lowest BCUT2D eigenvalue weighted by Gasteiger charge is -2.29. The number of carbonyl (C=O) groups excluding carboxylic acids is 4. The monoisotopic (exact) mass is 869 g/mol. The fourth-order valence-electron chi connectivity index (χ4n) is 7.20. The Balaban J connectivity index is 2.51. The van der Waals surface area contributed by atoms with Crippen molar-refractivity contribution >= 4 is 23.8 Å². The van der Waals surface area contributed by atoms with Gasteiger partial charge in [-0.15, -0.1) is 0 Å². The summed E-state index contributed by atoms with van der Waals surface area (Å²) in [6.45, 7) is 13.3. The van der Waals surface area contributed by atoms with E-state index in [9.17, 15) is 19.2 Å². The Morgan fingerprint density at radius 2 is 0.677 bits per heavy atom. The zero-order valence-electron chi connectivity index (χ0n) is 40.2. The third-order valence-corrected chi connectivity index (χ3v) is 11.3. The second-order valence-corrected chi connectivity index (χ2v) is 17.1. The van der Waals surface area contributed by atoms with Crippen LogP contribution in [-0.2, 0) is 28.7 Å². The first-order chi connectivity index (χ1) is 30.3. The molecule has 2 N–H and O–H groups in total. The highest BCUT2D eigenvalue weighted by molar-refractivity contribution is 5.97. The van der Waals surface area contributed by atoms with Gasteiger partial charge in [0.15, 0.2) is 0 Å². The summed E-state index contributed by atoms with van der Waals surface area (Å²) in [7, 11) is 0. The fourth-order valence-corrected chi connectivity index (χ4v) is 7.20. The number of allylic oxidation sites excluding steroid dienone is 8. The van der Waals surface area contributed by atoms with Gasteiger partial charge in [-0.25, -0.2) is 0 Å². The molecule has 62 heavy (non-hydrogen) atoms. The number of piperazine rings is 1. The van der Waals surface area contributed by atoms with E-state index < -0.39 is 35.8 Å². The van der Waals surface area contributed by atoms with Crippen LogP contribution in [-0.4, -0.2) is 98.1 Å². The molecule has 0 unspecified atom stereocenters. The largest absolute Gasteiger partial charge is 0.463 e. The van der Waals surface area contributed by atoms with Crippen molar-refractivity contribution in [1.82, 2.24) is 20.4 Å². The molecule has 1 rings (SSSR count). The van der Waals surface area contributed by atoms with Gasteiger partial charge < -0.3 is 29.9 Å². The number of nitrogens with zero attached hydrogens (tertiary/aromatic N) is 2. The second-order valence-electron chi connectivity index (χ2n) is 17.1. The van der Waals surface area contributed by atoms with Crippen molar-refractivity contribution in [3.05, 3.63) is 48.6 Å². The maximum absolute atomic E-state index is 12.9. The SMILES string of the molecule is CCCC/C=C\CCCCN(CCCC/C=C\CCCC)CCC(=O)OC[C@@H]1NC(=O)[C@H](COC(=O)CCN(CCCC/C=C\CCCC)CCCC/C=C\CCCC)NC1=O. The molecule has 356 valence electrons. The van der Waals surface area contributed by atoms with Crippen LogP contribution in [0.15, 0.2) is 48.6 Å². The van der Waals surface area contributed by atoms with E-state index in [1.807, 2.05) is 0 Å². The molecule has 1 saturated heterocycles. The maximum atomic E-state index is 12.9. The minimum Gasteiger partial charge on any atom is -0.463 e. The summed E-state index contributed by atoms with van der Waals surface area (Å²) in [6.07, 6.45) is 46.3. The summed E-state index contributed by atoms with van der Waals surface area (Å²) in [5.74, 6) is -1.70. The van der Waals surface area contributed by atoms with Crippen LogP contribution in [0, 0.1) is 0 Å². The molecule has 10 heteroatoms. The van der Waals surface area contributed by atoms with Gasteiger partial charge in [0.05, 0.1) is 12.8 Å². The number of ether oxygens (including phenoxy) is 2. The summed E-state index contributed by atoms with van der Waals surface area (Å²) in [5, 5.41) is 5.32. The summed E-state index contributed by atoms with van der Waals surface area (Å²) < 4.78 is 11.0. The average Bonchev–Trinajstić information content (AvgIpc) is 3.27. The van der Waals surface area contributed by atoms with Gasteiger partial charge in [0.2, 0.25) is 11.8 Å². The van der Waals surface area contributed by atoms with E-state index in [4.69, 9.17) is 9.47 Å². The highest BCUT2D eigenvalue weighted by Crippen LogP contribution is 2.10. The van der Waals surface area contributed by atoms with E-state index >= 15 is 0 Å². The smallest absolute Gasteiger partial charge is 0.307 e. The van der Waals surface area contributed by atoms with Crippen molar-refractivity contribution in [2.45, 2.75) is 207 Å². The Labute approximate surface area is 379 Å².